The Morgan fingerprint density at radius 1 is 1.00 bits per heavy atom. The molecule has 0 bridgehead atoms. The average Bonchev–Trinajstić information content (AvgIpc) is 2.50. The molecule has 2 aromatic rings. The fraction of sp³-hybridized carbons (Fsp3) is 0.333. The number of methoxy groups -OCH3 is 1. The van der Waals surface area contributed by atoms with E-state index in [1.165, 1.54) is 17.5 Å². The molecule has 2 nitrogen and oxygen atoms in total. The van der Waals surface area contributed by atoms with Gasteiger partial charge in [0.25, 0.3) is 0 Å². The molecule has 0 saturated heterocycles. The first-order valence-corrected chi connectivity index (χ1v) is 7.10. The predicted molar refractivity (Wildman–Crippen MR) is 86.0 cm³/mol. The van der Waals surface area contributed by atoms with E-state index in [1.54, 1.807) is 7.11 Å². The number of hydrogen-bond donors (Lipinski definition) is 1. The second-order valence-corrected chi connectivity index (χ2v) is 4.80. The minimum Gasteiger partial charge on any atom is -0.497 e. The van der Waals surface area contributed by atoms with Crippen molar-refractivity contribution >= 4 is 0 Å². The summed E-state index contributed by atoms with van der Waals surface area (Å²) in [5.74, 6) is 0.935. The molecular formula is C18H25NO. The molecule has 0 aromatic heterocycles. The second-order valence-electron chi connectivity index (χ2n) is 4.80. The zero-order valence-electron chi connectivity index (χ0n) is 12.7. The summed E-state index contributed by atoms with van der Waals surface area (Å²) in [7, 11) is 1.69. The Bertz CT molecular complexity index is 463. The summed E-state index contributed by atoms with van der Waals surface area (Å²) in [6, 6.07) is 18.4. The molecule has 0 saturated carbocycles. The van der Waals surface area contributed by atoms with Gasteiger partial charge in [-0.15, -0.1) is 0 Å². The number of benzene rings is 2. The van der Waals surface area contributed by atoms with Crippen molar-refractivity contribution in [2.75, 3.05) is 7.11 Å². The number of nitrogens with two attached hydrogens (primary N) is 1. The molecule has 2 rings (SSSR count). The van der Waals surface area contributed by atoms with Gasteiger partial charge in [0, 0.05) is 6.04 Å². The van der Waals surface area contributed by atoms with E-state index in [1.807, 2.05) is 49.4 Å². The lowest BCUT2D eigenvalue weighted by atomic mass is 10.1. The molecule has 0 aliphatic carbocycles. The van der Waals surface area contributed by atoms with Crippen LogP contribution in [-0.4, -0.2) is 7.11 Å². The van der Waals surface area contributed by atoms with Gasteiger partial charge in [-0.05, 0) is 36.6 Å². The van der Waals surface area contributed by atoms with Crippen LogP contribution in [0.25, 0.3) is 0 Å². The van der Waals surface area contributed by atoms with Crippen molar-refractivity contribution in [1.29, 1.82) is 0 Å². The number of hydrogen-bond acceptors (Lipinski definition) is 2. The highest BCUT2D eigenvalue weighted by Crippen LogP contribution is 2.12. The number of aryl methyl sites for hydroxylation is 1. The molecule has 1 atom stereocenters. The molecule has 2 N–H and O–H groups in total. The summed E-state index contributed by atoms with van der Waals surface area (Å²) in [6.07, 6.45) is 2.36. The smallest absolute Gasteiger partial charge is 0.118 e. The van der Waals surface area contributed by atoms with Gasteiger partial charge in [-0.3, -0.25) is 0 Å². The van der Waals surface area contributed by atoms with Crippen LogP contribution in [0.5, 0.6) is 5.75 Å². The van der Waals surface area contributed by atoms with Crippen LogP contribution < -0.4 is 10.5 Å². The van der Waals surface area contributed by atoms with Crippen molar-refractivity contribution < 1.29 is 4.74 Å². The maximum Gasteiger partial charge on any atom is 0.118 e. The normalized spacial score (nSPS) is 11.2. The first-order chi connectivity index (χ1) is 9.67. The fourth-order valence-corrected chi connectivity index (χ4v) is 1.84. The first kappa shape index (κ1) is 16.3. The third-order valence-electron chi connectivity index (χ3n) is 3.02. The van der Waals surface area contributed by atoms with Crippen molar-refractivity contribution in [2.45, 2.75) is 32.7 Å². The van der Waals surface area contributed by atoms with Gasteiger partial charge in [-0.1, -0.05) is 55.8 Å². The van der Waals surface area contributed by atoms with Gasteiger partial charge in [-0.2, -0.15) is 0 Å². The average molecular weight is 271 g/mol. The topological polar surface area (TPSA) is 35.2 Å². The Balaban J connectivity index is 0.000000204. The monoisotopic (exact) mass is 271 g/mol. The Labute approximate surface area is 122 Å². The lowest BCUT2D eigenvalue weighted by molar-refractivity contribution is 0.414. The van der Waals surface area contributed by atoms with Gasteiger partial charge in [0.15, 0.2) is 0 Å². The van der Waals surface area contributed by atoms with Crippen LogP contribution in [0.4, 0.5) is 0 Å². The van der Waals surface area contributed by atoms with Crippen molar-refractivity contribution in [3.8, 4) is 5.75 Å². The molecule has 0 amide bonds. The highest BCUT2D eigenvalue weighted by atomic mass is 16.5. The molecule has 0 aliphatic rings. The molecular weight excluding hydrogens is 246 g/mol. The van der Waals surface area contributed by atoms with Crippen molar-refractivity contribution in [2.24, 2.45) is 5.73 Å². The van der Waals surface area contributed by atoms with E-state index in [9.17, 15) is 0 Å². The lowest BCUT2D eigenvalue weighted by Crippen LogP contribution is -2.03. The highest BCUT2D eigenvalue weighted by molar-refractivity contribution is 5.27. The minimum absolute atomic E-state index is 0.159. The van der Waals surface area contributed by atoms with Crippen molar-refractivity contribution in [1.82, 2.24) is 0 Å². The summed E-state index contributed by atoms with van der Waals surface area (Å²) in [5, 5.41) is 0. The molecule has 2 aromatic carbocycles. The number of ether oxygens (including phenoxy) is 1. The van der Waals surface area contributed by atoms with Gasteiger partial charge in [-0.25, -0.2) is 0 Å². The molecule has 108 valence electrons. The maximum atomic E-state index is 5.61. The third kappa shape index (κ3) is 5.89. The SMILES string of the molecule is CCCc1ccc(OC)cc1.C[C@@H](N)c1ccccc1. The van der Waals surface area contributed by atoms with Crippen LogP contribution in [0, 0.1) is 0 Å². The van der Waals surface area contributed by atoms with Crippen LogP contribution in [0.3, 0.4) is 0 Å². The summed E-state index contributed by atoms with van der Waals surface area (Å²) in [5.41, 5.74) is 8.19. The molecule has 0 aliphatic heterocycles. The Morgan fingerprint density at radius 2 is 1.60 bits per heavy atom. The maximum absolute atomic E-state index is 5.61. The van der Waals surface area contributed by atoms with Gasteiger partial charge in [0.05, 0.1) is 7.11 Å². The Morgan fingerprint density at radius 3 is 2.00 bits per heavy atom. The Kier molecular flexibility index (Phi) is 7.44. The van der Waals surface area contributed by atoms with Gasteiger partial charge >= 0.3 is 0 Å². The largest absolute Gasteiger partial charge is 0.497 e. The van der Waals surface area contributed by atoms with Crippen molar-refractivity contribution in [3.63, 3.8) is 0 Å². The van der Waals surface area contributed by atoms with Crippen LogP contribution in [0.2, 0.25) is 0 Å². The number of rotatable bonds is 4. The fourth-order valence-electron chi connectivity index (χ4n) is 1.84. The van der Waals surface area contributed by atoms with E-state index < -0.39 is 0 Å². The molecule has 20 heavy (non-hydrogen) atoms. The molecule has 0 heterocycles. The van der Waals surface area contributed by atoms with Gasteiger partial charge in [0.2, 0.25) is 0 Å². The van der Waals surface area contributed by atoms with Crippen molar-refractivity contribution in [3.05, 3.63) is 65.7 Å². The van der Waals surface area contributed by atoms with E-state index in [-0.39, 0.29) is 6.04 Å². The second kappa shape index (κ2) is 9.16. The van der Waals surface area contributed by atoms with E-state index in [4.69, 9.17) is 10.5 Å². The van der Waals surface area contributed by atoms with Crippen LogP contribution in [0.15, 0.2) is 54.6 Å². The van der Waals surface area contributed by atoms with E-state index >= 15 is 0 Å². The molecule has 2 heteroatoms. The molecule has 0 unspecified atom stereocenters. The quantitative estimate of drug-likeness (QED) is 0.897. The van der Waals surface area contributed by atoms with Gasteiger partial charge < -0.3 is 10.5 Å². The molecule has 0 radical (unpaired) electrons. The highest BCUT2D eigenvalue weighted by Gasteiger charge is 1.93. The standard InChI is InChI=1S/C10H14O.C8H11N/c1-3-4-9-5-7-10(11-2)8-6-9;1-7(9)8-5-3-2-4-6-8/h5-8H,3-4H2,1-2H3;2-7H,9H2,1H3/t;7-/m.1/s1. The predicted octanol–water partition coefficient (Wildman–Crippen LogP) is 4.35. The molecule has 0 spiro atoms. The summed E-state index contributed by atoms with van der Waals surface area (Å²) < 4.78 is 5.05. The van der Waals surface area contributed by atoms with Crippen LogP contribution in [0.1, 0.15) is 37.4 Å². The van der Waals surface area contributed by atoms with Crippen LogP contribution in [-0.2, 0) is 6.42 Å². The lowest BCUT2D eigenvalue weighted by Gasteiger charge is -2.02. The van der Waals surface area contributed by atoms with E-state index in [0.29, 0.717) is 0 Å². The Hall–Kier alpha value is -1.80. The van der Waals surface area contributed by atoms with E-state index in [2.05, 4.69) is 19.1 Å². The zero-order valence-corrected chi connectivity index (χ0v) is 12.7. The third-order valence-corrected chi connectivity index (χ3v) is 3.02. The minimum atomic E-state index is 0.159. The summed E-state index contributed by atoms with van der Waals surface area (Å²) in [6.45, 7) is 4.17. The van der Waals surface area contributed by atoms with E-state index in [0.717, 1.165) is 12.2 Å². The summed E-state index contributed by atoms with van der Waals surface area (Å²) >= 11 is 0. The van der Waals surface area contributed by atoms with Gasteiger partial charge in [0.1, 0.15) is 5.75 Å². The first-order valence-electron chi connectivity index (χ1n) is 7.10. The van der Waals surface area contributed by atoms with Crippen LogP contribution >= 0.6 is 0 Å². The zero-order chi connectivity index (χ0) is 14.8. The summed E-state index contributed by atoms with van der Waals surface area (Å²) in [4.78, 5) is 0. The molecule has 0 fully saturated rings.